The van der Waals surface area contributed by atoms with Gasteiger partial charge in [-0.15, -0.1) is 0 Å². The number of hydrogen-bond donors (Lipinski definition) is 0. The second-order valence-corrected chi connectivity index (χ2v) is 15.0. The second-order valence-electron chi connectivity index (χ2n) is 11.6. The molecule has 1 heterocycles. The number of halogens is 5. The molecule has 1 aliphatic heterocycles. The van der Waals surface area contributed by atoms with Gasteiger partial charge in [-0.25, -0.2) is 13.2 Å². The highest BCUT2D eigenvalue weighted by Gasteiger charge is 2.26. The van der Waals surface area contributed by atoms with E-state index < -0.39 is 38.6 Å². The first-order valence-electron chi connectivity index (χ1n) is 14.6. The maximum Gasteiger partial charge on any atom is 0.387 e. The van der Waals surface area contributed by atoms with Crippen LogP contribution in [0.5, 0.6) is 5.75 Å². The zero-order chi connectivity index (χ0) is 27.1. The van der Waals surface area contributed by atoms with E-state index in [0.717, 1.165) is 55.2 Å². The Morgan fingerprint density at radius 3 is 2.03 bits per heavy atom. The van der Waals surface area contributed by atoms with E-state index in [-0.39, 0.29) is 17.0 Å². The van der Waals surface area contributed by atoms with E-state index in [1.54, 1.807) is 18.1 Å². The minimum Gasteiger partial charge on any atom is -0.429 e. The van der Waals surface area contributed by atoms with E-state index in [9.17, 15) is 22.0 Å². The summed E-state index contributed by atoms with van der Waals surface area (Å²) in [5.74, 6) is -2.33. The van der Waals surface area contributed by atoms with Crippen molar-refractivity contribution in [3.8, 4) is 16.9 Å². The third-order valence-electron chi connectivity index (χ3n) is 8.99. The van der Waals surface area contributed by atoms with Crippen LogP contribution < -0.4 is 4.74 Å². The van der Waals surface area contributed by atoms with Gasteiger partial charge in [-0.1, -0.05) is 82.1 Å². The van der Waals surface area contributed by atoms with Crippen LogP contribution in [0.3, 0.4) is 0 Å². The molecule has 0 aromatic heterocycles. The van der Waals surface area contributed by atoms with Crippen LogP contribution in [0.1, 0.15) is 89.0 Å². The Morgan fingerprint density at radius 2 is 1.45 bits per heavy atom. The highest BCUT2D eigenvalue weighted by molar-refractivity contribution is 6.58. The van der Waals surface area contributed by atoms with Crippen molar-refractivity contribution in [2.24, 2.45) is 11.8 Å². The molecule has 2 aliphatic rings. The quantitative estimate of drug-likeness (QED) is 0.153. The molecule has 1 nitrogen and oxygen atoms in total. The largest absolute Gasteiger partial charge is 0.429 e. The first-order valence-corrected chi connectivity index (χ1v) is 17.0. The lowest BCUT2D eigenvalue weighted by molar-refractivity contribution is -0.0546. The lowest BCUT2D eigenvalue weighted by atomic mass is 9.76. The number of unbranched alkanes of at least 4 members (excludes halogenated alkanes) is 2. The Balaban J connectivity index is 1.25. The van der Waals surface area contributed by atoms with Crippen LogP contribution in [-0.2, 0) is 0 Å². The fraction of sp³-hybridized carbons (Fsp3) is 0.613. The molecule has 0 radical (unpaired) electrons. The van der Waals surface area contributed by atoms with Crippen molar-refractivity contribution in [1.29, 1.82) is 0 Å². The zero-order valence-electron chi connectivity index (χ0n) is 22.5. The van der Waals surface area contributed by atoms with Gasteiger partial charge in [-0.3, -0.25) is 0 Å². The van der Waals surface area contributed by atoms with Crippen LogP contribution in [0.4, 0.5) is 22.0 Å². The van der Waals surface area contributed by atoms with Crippen molar-refractivity contribution in [2.45, 2.75) is 108 Å². The van der Waals surface area contributed by atoms with Crippen LogP contribution in [0.25, 0.3) is 11.1 Å². The topological polar surface area (TPSA) is 9.23 Å². The molecule has 0 N–H and O–H groups in total. The first-order chi connectivity index (χ1) is 18.3. The van der Waals surface area contributed by atoms with Crippen molar-refractivity contribution < 1.29 is 26.7 Å². The minimum absolute atomic E-state index is 0.0342. The van der Waals surface area contributed by atoms with Gasteiger partial charge in [-0.2, -0.15) is 8.78 Å². The Kier molecular flexibility index (Phi) is 10.7. The molecule has 2 fully saturated rings. The van der Waals surface area contributed by atoms with E-state index in [1.807, 2.05) is 6.07 Å². The maximum atomic E-state index is 15.0. The number of alkyl halides is 2. The summed E-state index contributed by atoms with van der Waals surface area (Å²) in [5, 5.41) is 0. The summed E-state index contributed by atoms with van der Waals surface area (Å²) in [6.45, 7) is -1.06. The number of ether oxygens (including phenoxy) is 1. The van der Waals surface area contributed by atoms with Gasteiger partial charge < -0.3 is 4.74 Å². The highest BCUT2D eigenvalue weighted by atomic mass is 28.3. The van der Waals surface area contributed by atoms with E-state index in [0.29, 0.717) is 0 Å². The molecular formula is C31H41F5OSi. The summed E-state index contributed by atoms with van der Waals surface area (Å²) in [6.07, 6.45) is 14.2. The predicted octanol–water partition coefficient (Wildman–Crippen LogP) is 10.3. The molecule has 0 bridgehead atoms. The predicted molar refractivity (Wildman–Crippen MR) is 146 cm³/mol. The molecule has 0 amide bonds. The summed E-state index contributed by atoms with van der Waals surface area (Å²) >= 11 is 0. The van der Waals surface area contributed by atoms with Crippen molar-refractivity contribution in [3.63, 3.8) is 0 Å². The smallest absolute Gasteiger partial charge is 0.387 e. The van der Waals surface area contributed by atoms with Gasteiger partial charge in [-0.05, 0) is 72.8 Å². The third kappa shape index (κ3) is 7.83. The molecular weight excluding hydrogens is 511 g/mol. The van der Waals surface area contributed by atoms with Crippen LogP contribution in [0.2, 0.25) is 18.1 Å². The Morgan fingerprint density at radius 1 is 0.816 bits per heavy atom. The maximum absolute atomic E-state index is 15.0. The summed E-state index contributed by atoms with van der Waals surface area (Å²) in [4.78, 5) is 0. The van der Waals surface area contributed by atoms with Gasteiger partial charge in [0.15, 0.2) is 17.4 Å². The summed E-state index contributed by atoms with van der Waals surface area (Å²) in [5.41, 5.74) is 0.897. The SMILES string of the molecule is CCCCC[Si@H]1CC[C@H](CC[C@H]2CC[C@H](c3ccc(-c4cc(F)c(OC(F)F)c(F)c4)c(F)c3)CC2)CC1. The van der Waals surface area contributed by atoms with E-state index in [2.05, 4.69) is 11.7 Å². The Bertz CT molecular complexity index is 1010. The van der Waals surface area contributed by atoms with E-state index in [1.165, 1.54) is 57.1 Å². The van der Waals surface area contributed by atoms with E-state index in [4.69, 9.17) is 0 Å². The highest BCUT2D eigenvalue weighted by Crippen LogP contribution is 2.41. The van der Waals surface area contributed by atoms with Crippen molar-refractivity contribution in [1.82, 2.24) is 0 Å². The molecule has 4 rings (SSSR count). The molecule has 1 saturated heterocycles. The van der Waals surface area contributed by atoms with Gasteiger partial charge in [0.05, 0.1) is 0 Å². The number of hydrogen-bond acceptors (Lipinski definition) is 1. The van der Waals surface area contributed by atoms with Gasteiger partial charge in [0.2, 0.25) is 0 Å². The van der Waals surface area contributed by atoms with Gasteiger partial charge in [0.1, 0.15) is 5.82 Å². The van der Waals surface area contributed by atoms with Crippen molar-refractivity contribution in [2.75, 3.05) is 0 Å². The normalized spacial score (nSPS) is 24.1. The average molecular weight is 553 g/mol. The molecule has 2 aromatic carbocycles. The van der Waals surface area contributed by atoms with Gasteiger partial charge >= 0.3 is 6.61 Å². The molecule has 0 atom stereocenters. The lowest BCUT2D eigenvalue weighted by Gasteiger charge is -2.32. The van der Waals surface area contributed by atoms with Crippen LogP contribution in [-0.4, -0.2) is 15.4 Å². The second kappa shape index (κ2) is 13.9. The zero-order valence-corrected chi connectivity index (χ0v) is 23.6. The standard InChI is InChI=1S/C31H41F5OSi/c1-2-3-4-15-38-16-13-22(14-17-38)6-5-21-7-9-23(10-8-21)24-11-12-26(27(32)18-24)25-19-28(33)30(29(34)20-25)37-31(35)36/h11-12,18-23,31,38H,2-10,13-17H2,1H3/t21-,22-,23-,38-. The van der Waals surface area contributed by atoms with Crippen LogP contribution >= 0.6 is 0 Å². The van der Waals surface area contributed by atoms with Gasteiger partial charge in [0, 0.05) is 14.4 Å². The monoisotopic (exact) mass is 552 g/mol. The van der Waals surface area contributed by atoms with Crippen LogP contribution in [0.15, 0.2) is 30.3 Å². The molecule has 1 aliphatic carbocycles. The Labute approximate surface area is 225 Å². The molecule has 2 aromatic rings. The van der Waals surface area contributed by atoms with Crippen LogP contribution in [0, 0.1) is 29.3 Å². The summed E-state index contributed by atoms with van der Waals surface area (Å²) in [7, 11) is -0.440. The molecule has 1 saturated carbocycles. The fourth-order valence-electron chi connectivity index (χ4n) is 6.68. The minimum atomic E-state index is -3.35. The van der Waals surface area contributed by atoms with Crippen molar-refractivity contribution in [3.05, 3.63) is 53.3 Å². The molecule has 38 heavy (non-hydrogen) atoms. The summed E-state index contributed by atoms with van der Waals surface area (Å²) < 4.78 is 71.9. The molecule has 0 spiro atoms. The molecule has 0 unspecified atom stereocenters. The number of rotatable bonds is 11. The Hall–Kier alpha value is -1.89. The van der Waals surface area contributed by atoms with Gasteiger partial charge in [0.25, 0.3) is 0 Å². The third-order valence-corrected chi connectivity index (χ3v) is 12.5. The first kappa shape index (κ1) is 29.1. The molecule has 7 heteroatoms. The fourth-order valence-corrected chi connectivity index (χ4v) is 10.3. The van der Waals surface area contributed by atoms with E-state index >= 15 is 0 Å². The summed E-state index contributed by atoms with van der Waals surface area (Å²) in [6, 6.07) is 11.1. The molecule has 210 valence electrons. The van der Waals surface area contributed by atoms with Crippen molar-refractivity contribution >= 4 is 8.80 Å². The lowest BCUT2D eigenvalue weighted by Crippen LogP contribution is -2.22. The number of benzene rings is 2. The average Bonchev–Trinajstić information content (AvgIpc) is 2.90.